The van der Waals surface area contributed by atoms with Crippen LogP contribution in [0.1, 0.15) is 18.1 Å². The molecule has 0 unspecified atom stereocenters. The molecule has 0 bridgehead atoms. The Kier molecular flexibility index (Phi) is 3.60. The molecule has 0 amide bonds. The average Bonchev–Trinajstić information content (AvgIpc) is 2.39. The molecule has 2 rings (SSSR count). The highest BCUT2D eigenvalue weighted by atomic mass is 15.3. The molecular weight excluding hydrogens is 212 g/mol. The Morgan fingerprint density at radius 3 is 2.59 bits per heavy atom. The Balaban J connectivity index is 2.11. The zero-order valence-corrected chi connectivity index (χ0v) is 10.5. The molecule has 1 aromatic rings. The van der Waals surface area contributed by atoms with Crippen molar-refractivity contribution in [2.75, 3.05) is 37.6 Å². The predicted octanol–water partition coefficient (Wildman–Crippen LogP) is 1.40. The van der Waals surface area contributed by atoms with E-state index in [0.29, 0.717) is 5.56 Å². The van der Waals surface area contributed by atoms with E-state index >= 15 is 0 Å². The second-order valence-corrected chi connectivity index (χ2v) is 4.40. The summed E-state index contributed by atoms with van der Waals surface area (Å²) >= 11 is 0. The molecule has 1 aliphatic heterocycles. The minimum atomic E-state index is 0.637. The summed E-state index contributed by atoms with van der Waals surface area (Å²) in [6, 6.07) is 4.04. The lowest BCUT2D eigenvalue weighted by atomic mass is 10.2. The van der Waals surface area contributed by atoms with Crippen molar-refractivity contribution < 1.29 is 0 Å². The van der Waals surface area contributed by atoms with Crippen molar-refractivity contribution in [1.29, 1.82) is 5.26 Å². The molecule has 1 aliphatic rings. The number of hydrogen-bond acceptors (Lipinski definition) is 4. The van der Waals surface area contributed by atoms with Gasteiger partial charge in [0, 0.05) is 32.4 Å². The number of rotatable bonds is 2. The monoisotopic (exact) mass is 230 g/mol. The standard InChI is InChI=1S/C13H18N4/c1-3-16-4-6-17(7-5-16)13-11(2)8-12(9-14)10-15-13/h8,10H,3-7H2,1-2H3. The van der Waals surface area contributed by atoms with E-state index < -0.39 is 0 Å². The lowest BCUT2D eigenvalue weighted by molar-refractivity contribution is 0.270. The lowest BCUT2D eigenvalue weighted by Gasteiger charge is -2.35. The summed E-state index contributed by atoms with van der Waals surface area (Å²) in [7, 11) is 0. The Morgan fingerprint density at radius 2 is 2.06 bits per heavy atom. The van der Waals surface area contributed by atoms with Crippen molar-refractivity contribution in [1.82, 2.24) is 9.88 Å². The summed E-state index contributed by atoms with van der Waals surface area (Å²) in [5, 5.41) is 8.82. The van der Waals surface area contributed by atoms with Gasteiger partial charge in [0.2, 0.25) is 0 Å². The number of hydrogen-bond donors (Lipinski definition) is 0. The Morgan fingerprint density at radius 1 is 1.35 bits per heavy atom. The van der Waals surface area contributed by atoms with E-state index in [1.807, 2.05) is 13.0 Å². The molecule has 0 radical (unpaired) electrons. The second kappa shape index (κ2) is 5.15. The van der Waals surface area contributed by atoms with Crippen LogP contribution in [-0.4, -0.2) is 42.6 Å². The van der Waals surface area contributed by atoms with Crippen LogP contribution in [0.25, 0.3) is 0 Å². The number of nitriles is 1. The maximum absolute atomic E-state index is 8.82. The van der Waals surface area contributed by atoms with Crippen molar-refractivity contribution in [3.63, 3.8) is 0 Å². The fourth-order valence-corrected chi connectivity index (χ4v) is 2.24. The number of aryl methyl sites for hydroxylation is 1. The summed E-state index contributed by atoms with van der Waals surface area (Å²) in [5.41, 5.74) is 1.73. The molecule has 1 saturated heterocycles. The molecule has 0 spiro atoms. The number of likely N-dealkylation sites (N-methyl/N-ethyl adjacent to an activating group) is 1. The van der Waals surface area contributed by atoms with Crippen LogP contribution < -0.4 is 4.90 Å². The molecule has 0 aromatic carbocycles. The molecule has 2 heterocycles. The lowest BCUT2D eigenvalue weighted by Crippen LogP contribution is -2.46. The van der Waals surface area contributed by atoms with Gasteiger partial charge in [-0.2, -0.15) is 5.26 Å². The van der Waals surface area contributed by atoms with Gasteiger partial charge < -0.3 is 9.80 Å². The number of piperazine rings is 1. The first-order chi connectivity index (χ1) is 8.24. The van der Waals surface area contributed by atoms with E-state index in [1.165, 1.54) is 0 Å². The van der Waals surface area contributed by atoms with Crippen LogP contribution in [-0.2, 0) is 0 Å². The molecular formula is C13H18N4. The Bertz CT molecular complexity index is 428. The quantitative estimate of drug-likeness (QED) is 0.770. The second-order valence-electron chi connectivity index (χ2n) is 4.40. The largest absolute Gasteiger partial charge is 0.354 e. The smallest absolute Gasteiger partial charge is 0.131 e. The molecule has 1 fully saturated rings. The van der Waals surface area contributed by atoms with Gasteiger partial charge in [0.05, 0.1) is 5.56 Å². The van der Waals surface area contributed by atoms with Crippen LogP contribution >= 0.6 is 0 Å². The molecule has 0 atom stereocenters. The third-order valence-corrected chi connectivity index (χ3v) is 3.30. The van der Waals surface area contributed by atoms with Crippen molar-refractivity contribution in [3.05, 3.63) is 23.4 Å². The summed E-state index contributed by atoms with van der Waals surface area (Å²) in [4.78, 5) is 9.16. The van der Waals surface area contributed by atoms with E-state index in [0.717, 1.165) is 44.1 Å². The van der Waals surface area contributed by atoms with Gasteiger partial charge in [-0.15, -0.1) is 0 Å². The third-order valence-electron chi connectivity index (χ3n) is 3.30. The SMILES string of the molecule is CCN1CCN(c2ncc(C#N)cc2C)CC1. The highest BCUT2D eigenvalue weighted by molar-refractivity contribution is 5.49. The van der Waals surface area contributed by atoms with Gasteiger partial charge in [0.15, 0.2) is 0 Å². The van der Waals surface area contributed by atoms with Crippen LogP contribution in [0.3, 0.4) is 0 Å². The first-order valence-electron chi connectivity index (χ1n) is 6.08. The molecule has 1 aromatic heterocycles. The number of nitrogens with zero attached hydrogens (tertiary/aromatic N) is 4. The molecule has 90 valence electrons. The molecule has 0 aliphatic carbocycles. The summed E-state index contributed by atoms with van der Waals surface area (Å²) in [5.74, 6) is 1.03. The summed E-state index contributed by atoms with van der Waals surface area (Å²) in [6.45, 7) is 9.57. The summed E-state index contributed by atoms with van der Waals surface area (Å²) < 4.78 is 0. The first-order valence-corrected chi connectivity index (χ1v) is 6.08. The highest BCUT2D eigenvalue weighted by Gasteiger charge is 2.18. The van der Waals surface area contributed by atoms with Crippen LogP contribution in [0.2, 0.25) is 0 Å². The first kappa shape index (κ1) is 11.9. The van der Waals surface area contributed by atoms with Crippen molar-refractivity contribution in [2.45, 2.75) is 13.8 Å². The molecule has 0 N–H and O–H groups in total. The van der Waals surface area contributed by atoms with Crippen LogP contribution in [0, 0.1) is 18.3 Å². The van der Waals surface area contributed by atoms with E-state index in [2.05, 4.69) is 27.8 Å². The number of pyridine rings is 1. The van der Waals surface area contributed by atoms with E-state index in [9.17, 15) is 0 Å². The van der Waals surface area contributed by atoms with Gasteiger partial charge in [-0.05, 0) is 25.1 Å². The van der Waals surface area contributed by atoms with Gasteiger partial charge >= 0.3 is 0 Å². The minimum Gasteiger partial charge on any atom is -0.354 e. The van der Waals surface area contributed by atoms with Gasteiger partial charge in [-0.3, -0.25) is 0 Å². The topological polar surface area (TPSA) is 43.2 Å². The normalized spacial score (nSPS) is 16.9. The Hall–Kier alpha value is -1.60. The van der Waals surface area contributed by atoms with E-state index in [-0.39, 0.29) is 0 Å². The maximum atomic E-state index is 8.82. The Labute approximate surface area is 102 Å². The maximum Gasteiger partial charge on any atom is 0.131 e. The van der Waals surface area contributed by atoms with Crippen molar-refractivity contribution in [2.24, 2.45) is 0 Å². The molecule has 17 heavy (non-hydrogen) atoms. The molecule has 0 saturated carbocycles. The fourth-order valence-electron chi connectivity index (χ4n) is 2.24. The van der Waals surface area contributed by atoms with Crippen molar-refractivity contribution in [3.8, 4) is 6.07 Å². The van der Waals surface area contributed by atoms with Crippen molar-refractivity contribution >= 4 is 5.82 Å². The van der Waals surface area contributed by atoms with Gasteiger partial charge in [-0.25, -0.2) is 4.98 Å². The number of aromatic nitrogens is 1. The average molecular weight is 230 g/mol. The van der Waals surface area contributed by atoms with Crippen LogP contribution in [0.15, 0.2) is 12.3 Å². The van der Waals surface area contributed by atoms with Crippen LogP contribution in [0.5, 0.6) is 0 Å². The highest BCUT2D eigenvalue weighted by Crippen LogP contribution is 2.19. The van der Waals surface area contributed by atoms with Gasteiger partial charge in [-0.1, -0.05) is 6.92 Å². The number of anilines is 1. The van der Waals surface area contributed by atoms with Gasteiger partial charge in [0.25, 0.3) is 0 Å². The summed E-state index contributed by atoms with van der Waals surface area (Å²) in [6.07, 6.45) is 1.66. The van der Waals surface area contributed by atoms with Crippen LogP contribution in [0.4, 0.5) is 5.82 Å². The van der Waals surface area contributed by atoms with E-state index in [1.54, 1.807) is 6.20 Å². The van der Waals surface area contributed by atoms with E-state index in [4.69, 9.17) is 5.26 Å². The minimum absolute atomic E-state index is 0.637. The zero-order chi connectivity index (χ0) is 12.3. The third kappa shape index (κ3) is 2.56. The fraction of sp³-hybridized carbons (Fsp3) is 0.538. The molecule has 4 heteroatoms. The predicted molar refractivity (Wildman–Crippen MR) is 68.0 cm³/mol. The zero-order valence-electron chi connectivity index (χ0n) is 10.5. The van der Waals surface area contributed by atoms with Gasteiger partial charge in [0.1, 0.15) is 11.9 Å². The molecule has 4 nitrogen and oxygen atoms in total.